The van der Waals surface area contributed by atoms with Gasteiger partial charge < -0.3 is 4.74 Å². The zero-order valence-corrected chi connectivity index (χ0v) is 15.2. The summed E-state index contributed by atoms with van der Waals surface area (Å²) in [5, 5.41) is 2.22. The SMILES string of the molecule is COC(=O)C(C)N(C(=O)CNN(C)C)c1c(C)ccc(Cl)c1C. The topological polar surface area (TPSA) is 61.9 Å². The maximum Gasteiger partial charge on any atom is 0.328 e. The molecule has 0 aliphatic heterocycles. The number of hydrogen-bond acceptors (Lipinski definition) is 5. The second kappa shape index (κ2) is 8.29. The summed E-state index contributed by atoms with van der Waals surface area (Å²) < 4.78 is 4.80. The molecule has 0 fully saturated rings. The molecule has 0 aromatic heterocycles. The number of hydrazine groups is 1. The summed E-state index contributed by atoms with van der Waals surface area (Å²) in [5.74, 6) is -0.730. The van der Waals surface area contributed by atoms with Crippen LogP contribution >= 0.6 is 11.6 Å². The predicted octanol–water partition coefficient (Wildman–Crippen LogP) is 1.92. The Morgan fingerprint density at radius 2 is 1.91 bits per heavy atom. The lowest BCUT2D eigenvalue weighted by molar-refractivity contribution is -0.143. The number of esters is 1. The van der Waals surface area contributed by atoms with E-state index in [4.69, 9.17) is 16.3 Å². The Balaban J connectivity index is 3.32. The molecule has 0 aliphatic rings. The minimum Gasteiger partial charge on any atom is -0.467 e. The van der Waals surface area contributed by atoms with Crippen molar-refractivity contribution in [2.75, 3.05) is 32.6 Å². The molecular weight excluding hydrogens is 318 g/mol. The fraction of sp³-hybridized carbons (Fsp3) is 0.500. The molecule has 0 heterocycles. The Kier molecular flexibility index (Phi) is 7.00. The number of benzene rings is 1. The van der Waals surface area contributed by atoms with Gasteiger partial charge in [0.15, 0.2) is 0 Å². The van der Waals surface area contributed by atoms with Gasteiger partial charge in [-0.3, -0.25) is 14.7 Å². The molecule has 1 amide bonds. The van der Waals surface area contributed by atoms with Crippen molar-refractivity contribution in [2.24, 2.45) is 0 Å². The average Bonchev–Trinajstić information content (AvgIpc) is 2.51. The van der Waals surface area contributed by atoms with E-state index >= 15 is 0 Å². The highest BCUT2D eigenvalue weighted by atomic mass is 35.5. The van der Waals surface area contributed by atoms with Gasteiger partial charge in [0.25, 0.3) is 0 Å². The first-order valence-electron chi connectivity index (χ1n) is 7.27. The number of nitrogens with zero attached hydrogens (tertiary/aromatic N) is 2. The lowest BCUT2D eigenvalue weighted by Crippen LogP contribution is -2.49. The molecular formula is C16H24ClN3O3. The van der Waals surface area contributed by atoms with E-state index in [2.05, 4.69) is 5.43 Å². The predicted molar refractivity (Wildman–Crippen MR) is 91.6 cm³/mol. The Morgan fingerprint density at radius 3 is 2.43 bits per heavy atom. The van der Waals surface area contributed by atoms with Gasteiger partial charge in [-0.2, -0.15) is 0 Å². The van der Waals surface area contributed by atoms with Gasteiger partial charge in [0.05, 0.1) is 19.3 Å². The summed E-state index contributed by atoms with van der Waals surface area (Å²) in [7, 11) is 4.88. The molecule has 1 aromatic rings. The summed E-state index contributed by atoms with van der Waals surface area (Å²) in [6, 6.07) is 2.85. The highest BCUT2D eigenvalue weighted by molar-refractivity contribution is 6.32. The smallest absolute Gasteiger partial charge is 0.328 e. The van der Waals surface area contributed by atoms with Crippen molar-refractivity contribution >= 4 is 29.2 Å². The Hall–Kier alpha value is -1.63. The van der Waals surface area contributed by atoms with Crippen molar-refractivity contribution in [3.63, 3.8) is 0 Å². The molecule has 6 nitrogen and oxygen atoms in total. The molecule has 1 aromatic carbocycles. The quantitative estimate of drug-likeness (QED) is 0.632. The van der Waals surface area contributed by atoms with Gasteiger partial charge in [0.1, 0.15) is 6.04 Å². The average molecular weight is 342 g/mol. The van der Waals surface area contributed by atoms with E-state index in [9.17, 15) is 9.59 Å². The summed E-state index contributed by atoms with van der Waals surface area (Å²) in [4.78, 5) is 26.2. The van der Waals surface area contributed by atoms with E-state index in [-0.39, 0.29) is 12.5 Å². The number of nitrogens with one attached hydrogen (secondary N) is 1. The standard InChI is InChI=1S/C16H24ClN3O3/c1-10-7-8-13(17)11(2)15(10)20(12(3)16(22)23-6)14(21)9-18-19(4)5/h7-8,12,18H,9H2,1-6H3. The second-order valence-corrected chi connectivity index (χ2v) is 5.94. The Morgan fingerprint density at radius 1 is 1.30 bits per heavy atom. The Bertz CT molecular complexity index is 590. The molecule has 1 N–H and O–H groups in total. The van der Waals surface area contributed by atoms with E-state index in [1.54, 1.807) is 32.1 Å². The fourth-order valence-corrected chi connectivity index (χ4v) is 2.46. The number of anilines is 1. The maximum atomic E-state index is 12.7. The van der Waals surface area contributed by atoms with Crippen LogP contribution in [0.15, 0.2) is 12.1 Å². The molecule has 0 spiro atoms. The number of halogens is 1. The van der Waals surface area contributed by atoms with Crippen LogP contribution in [-0.4, -0.2) is 50.7 Å². The largest absolute Gasteiger partial charge is 0.467 e. The van der Waals surface area contributed by atoms with Crippen LogP contribution < -0.4 is 10.3 Å². The van der Waals surface area contributed by atoms with Crippen LogP contribution in [-0.2, 0) is 14.3 Å². The van der Waals surface area contributed by atoms with Crippen LogP contribution in [0.1, 0.15) is 18.1 Å². The first-order chi connectivity index (χ1) is 10.7. The van der Waals surface area contributed by atoms with Crippen molar-refractivity contribution in [3.05, 3.63) is 28.3 Å². The van der Waals surface area contributed by atoms with Crippen molar-refractivity contribution in [1.29, 1.82) is 0 Å². The molecule has 128 valence electrons. The molecule has 7 heteroatoms. The number of carbonyl (C=O) groups excluding carboxylic acids is 2. The number of ether oxygens (including phenoxy) is 1. The monoisotopic (exact) mass is 341 g/mol. The van der Waals surface area contributed by atoms with E-state index < -0.39 is 12.0 Å². The molecule has 0 saturated carbocycles. The van der Waals surface area contributed by atoms with Crippen molar-refractivity contribution < 1.29 is 14.3 Å². The zero-order valence-electron chi connectivity index (χ0n) is 14.4. The summed E-state index contributed by atoms with van der Waals surface area (Å²) in [6.45, 7) is 5.40. The molecule has 0 bridgehead atoms. The third-order valence-corrected chi connectivity index (χ3v) is 3.96. The number of methoxy groups -OCH3 is 1. The van der Waals surface area contributed by atoms with Crippen molar-refractivity contribution in [1.82, 2.24) is 10.4 Å². The molecule has 23 heavy (non-hydrogen) atoms. The van der Waals surface area contributed by atoms with E-state index in [0.717, 1.165) is 11.1 Å². The highest BCUT2D eigenvalue weighted by Gasteiger charge is 2.30. The zero-order chi connectivity index (χ0) is 17.7. The van der Waals surface area contributed by atoms with Gasteiger partial charge in [-0.15, -0.1) is 0 Å². The first kappa shape index (κ1) is 19.4. The van der Waals surface area contributed by atoms with Crippen LogP contribution in [0, 0.1) is 13.8 Å². The van der Waals surface area contributed by atoms with Crippen LogP contribution in [0.2, 0.25) is 5.02 Å². The third-order valence-electron chi connectivity index (χ3n) is 3.55. The number of hydrogen-bond donors (Lipinski definition) is 1. The normalized spacial score (nSPS) is 12.2. The maximum absolute atomic E-state index is 12.7. The minimum absolute atomic E-state index is 0.0553. The summed E-state index contributed by atoms with van der Waals surface area (Å²) in [5.41, 5.74) is 5.17. The molecule has 0 radical (unpaired) electrons. The van der Waals surface area contributed by atoms with Crippen LogP contribution in [0.3, 0.4) is 0 Å². The fourth-order valence-electron chi connectivity index (χ4n) is 2.30. The molecule has 0 aliphatic carbocycles. The van der Waals surface area contributed by atoms with Gasteiger partial charge in [0.2, 0.25) is 5.91 Å². The van der Waals surface area contributed by atoms with Gasteiger partial charge in [-0.25, -0.2) is 10.2 Å². The lowest BCUT2D eigenvalue weighted by Gasteiger charge is -2.31. The number of carbonyl (C=O) groups is 2. The summed E-state index contributed by atoms with van der Waals surface area (Å²) in [6.07, 6.45) is 0. The summed E-state index contributed by atoms with van der Waals surface area (Å²) >= 11 is 6.20. The van der Waals surface area contributed by atoms with Crippen LogP contribution in [0.25, 0.3) is 0 Å². The van der Waals surface area contributed by atoms with E-state index in [1.165, 1.54) is 12.0 Å². The van der Waals surface area contributed by atoms with Crippen molar-refractivity contribution in [2.45, 2.75) is 26.8 Å². The molecule has 1 rings (SSSR count). The first-order valence-corrected chi connectivity index (χ1v) is 7.64. The number of rotatable bonds is 6. The lowest BCUT2D eigenvalue weighted by atomic mass is 10.1. The second-order valence-electron chi connectivity index (χ2n) is 5.53. The number of aryl methyl sites for hydroxylation is 1. The number of amides is 1. The van der Waals surface area contributed by atoms with Gasteiger partial charge in [-0.05, 0) is 38.0 Å². The molecule has 0 saturated heterocycles. The van der Waals surface area contributed by atoms with Crippen LogP contribution in [0.4, 0.5) is 5.69 Å². The van der Waals surface area contributed by atoms with Gasteiger partial charge >= 0.3 is 5.97 Å². The highest BCUT2D eigenvalue weighted by Crippen LogP contribution is 2.32. The van der Waals surface area contributed by atoms with Crippen LogP contribution in [0.5, 0.6) is 0 Å². The Labute approximate surface area is 142 Å². The van der Waals surface area contributed by atoms with Gasteiger partial charge in [-0.1, -0.05) is 17.7 Å². The third kappa shape index (κ3) is 4.67. The molecule has 1 atom stereocenters. The van der Waals surface area contributed by atoms with E-state index in [0.29, 0.717) is 10.7 Å². The minimum atomic E-state index is -0.757. The van der Waals surface area contributed by atoms with Crippen molar-refractivity contribution in [3.8, 4) is 0 Å². The van der Waals surface area contributed by atoms with E-state index in [1.807, 2.05) is 19.9 Å². The van der Waals surface area contributed by atoms with Gasteiger partial charge in [0, 0.05) is 19.1 Å². The molecule has 1 unspecified atom stereocenters.